The van der Waals surface area contributed by atoms with Gasteiger partial charge in [-0.05, 0) is 35.2 Å². The van der Waals surface area contributed by atoms with Crippen LogP contribution in [0, 0.1) is 5.92 Å². The molecule has 0 aromatic rings. The maximum Gasteiger partial charge on any atom is 0.304 e. The van der Waals surface area contributed by atoms with Gasteiger partial charge in [-0.3, -0.25) is 0 Å². The molecule has 0 fully saturated rings. The highest BCUT2D eigenvalue weighted by atomic mass is 79.9. The summed E-state index contributed by atoms with van der Waals surface area (Å²) in [5.41, 5.74) is 0. The van der Waals surface area contributed by atoms with Crippen LogP contribution in [0.25, 0.3) is 0 Å². The first-order chi connectivity index (χ1) is 4.61. The van der Waals surface area contributed by atoms with Gasteiger partial charge in [-0.1, -0.05) is 12.2 Å². The van der Waals surface area contributed by atoms with E-state index in [2.05, 4.69) is 15.9 Å². The zero-order chi connectivity index (χ0) is 7.61. The van der Waals surface area contributed by atoms with Gasteiger partial charge in [0.15, 0.2) is 0 Å². The van der Waals surface area contributed by atoms with E-state index in [-0.39, 0.29) is 0 Å². The van der Waals surface area contributed by atoms with Gasteiger partial charge in [-0.15, -0.1) is 0 Å². The second kappa shape index (κ2) is 2.99. The first-order valence-electron chi connectivity index (χ1n) is 3.32. The minimum Gasteiger partial charge on any atom is -0.193 e. The SMILES string of the molecule is FC(F)(Br)C1CC=CCC1. The van der Waals surface area contributed by atoms with E-state index in [9.17, 15) is 8.78 Å². The average molecular weight is 211 g/mol. The van der Waals surface area contributed by atoms with Crippen molar-refractivity contribution in [1.29, 1.82) is 0 Å². The molecule has 0 nitrogen and oxygen atoms in total. The van der Waals surface area contributed by atoms with Gasteiger partial charge in [0.1, 0.15) is 0 Å². The minimum absolute atomic E-state index is 0.498. The second-order valence-electron chi connectivity index (χ2n) is 2.52. The van der Waals surface area contributed by atoms with Crippen LogP contribution in [0.4, 0.5) is 8.78 Å². The van der Waals surface area contributed by atoms with E-state index in [1.165, 1.54) is 0 Å². The topological polar surface area (TPSA) is 0 Å². The molecule has 0 heterocycles. The Morgan fingerprint density at radius 3 is 2.40 bits per heavy atom. The van der Waals surface area contributed by atoms with Crippen LogP contribution in [0.3, 0.4) is 0 Å². The summed E-state index contributed by atoms with van der Waals surface area (Å²) in [5.74, 6) is -0.502. The molecule has 1 atom stereocenters. The van der Waals surface area contributed by atoms with Crippen LogP contribution >= 0.6 is 15.9 Å². The number of hydrogen-bond acceptors (Lipinski definition) is 0. The highest BCUT2D eigenvalue weighted by Gasteiger charge is 2.35. The molecule has 0 amide bonds. The summed E-state index contributed by atoms with van der Waals surface area (Å²) >= 11 is 2.37. The molecule has 0 bridgehead atoms. The monoisotopic (exact) mass is 210 g/mol. The maximum absolute atomic E-state index is 12.5. The maximum atomic E-state index is 12.5. The van der Waals surface area contributed by atoms with Crippen molar-refractivity contribution >= 4 is 15.9 Å². The summed E-state index contributed by atoms with van der Waals surface area (Å²) in [4.78, 5) is -2.67. The van der Waals surface area contributed by atoms with Crippen molar-refractivity contribution < 1.29 is 8.78 Å². The highest BCUT2D eigenvalue weighted by Crippen LogP contribution is 2.38. The first kappa shape index (κ1) is 8.18. The second-order valence-corrected chi connectivity index (χ2v) is 3.58. The van der Waals surface area contributed by atoms with Crippen molar-refractivity contribution in [1.82, 2.24) is 0 Å². The van der Waals surface area contributed by atoms with E-state index in [4.69, 9.17) is 0 Å². The summed E-state index contributed by atoms with van der Waals surface area (Å²) in [6.45, 7) is 0. The zero-order valence-electron chi connectivity index (χ0n) is 5.49. The largest absolute Gasteiger partial charge is 0.304 e. The van der Waals surface area contributed by atoms with Crippen molar-refractivity contribution in [2.45, 2.75) is 24.1 Å². The Morgan fingerprint density at radius 2 is 2.10 bits per heavy atom. The lowest BCUT2D eigenvalue weighted by Gasteiger charge is -2.22. The summed E-state index contributed by atoms with van der Waals surface area (Å²) in [6.07, 6.45) is 5.65. The van der Waals surface area contributed by atoms with E-state index in [0.29, 0.717) is 12.8 Å². The van der Waals surface area contributed by atoms with Crippen LogP contribution in [0.15, 0.2) is 12.2 Å². The molecule has 0 aliphatic heterocycles. The van der Waals surface area contributed by atoms with Gasteiger partial charge >= 0.3 is 4.83 Å². The number of halogens is 3. The molecule has 0 saturated carbocycles. The molecule has 0 aromatic heterocycles. The Balaban J connectivity index is 2.49. The Morgan fingerprint density at radius 1 is 1.40 bits per heavy atom. The van der Waals surface area contributed by atoms with Gasteiger partial charge in [0.05, 0.1) is 0 Å². The van der Waals surface area contributed by atoms with E-state index in [1.54, 1.807) is 0 Å². The zero-order valence-corrected chi connectivity index (χ0v) is 7.07. The minimum atomic E-state index is -2.67. The van der Waals surface area contributed by atoms with E-state index in [1.807, 2.05) is 12.2 Å². The van der Waals surface area contributed by atoms with Crippen LogP contribution < -0.4 is 0 Å². The number of rotatable bonds is 1. The first-order valence-corrected chi connectivity index (χ1v) is 4.11. The van der Waals surface area contributed by atoms with Gasteiger partial charge in [0, 0.05) is 5.92 Å². The molecule has 0 spiro atoms. The lowest BCUT2D eigenvalue weighted by Crippen LogP contribution is -2.21. The van der Waals surface area contributed by atoms with Crippen molar-refractivity contribution in [3.05, 3.63) is 12.2 Å². The third-order valence-electron chi connectivity index (χ3n) is 1.73. The third kappa shape index (κ3) is 2.04. The predicted molar refractivity (Wildman–Crippen MR) is 40.4 cm³/mol. The Labute approximate surface area is 67.4 Å². The average Bonchev–Trinajstić information content (AvgIpc) is 1.88. The van der Waals surface area contributed by atoms with Gasteiger partial charge in [-0.25, -0.2) is 0 Å². The molecular formula is C7H9BrF2. The molecular weight excluding hydrogens is 202 g/mol. The molecule has 0 saturated heterocycles. The highest BCUT2D eigenvalue weighted by molar-refractivity contribution is 9.10. The fourth-order valence-corrected chi connectivity index (χ4v) is 1.51. The smallest absolute Gasteiger partial charge is 0.193 e. The Kier molecular flexibility index (Phi) is 2.45. The van der Waals surface area contributed by atoms with E-state index < -0.39 is 10.7 Å². The molecule has 1 aliphatic carbocycles. The van der Waals surface area contributed by atoms with E-state index >= 15 is 0 Å². The van der Waals surface area contributed by atoms with Gasteiger partial charge in [0.25, 0.3) is 0 Å². The van der Waals surface area contributed by atoms with Crippen molar-refractivity contribution in [3.8, 4) is 0 Å². The third-order valence-corrected chi connectivity index (χ3v) is 2.38. The molecule has 58 valence electrons. The number of allylic oxidation sites excluding steroid dienone is 2. The van der Waals surface area contributed by atoms with Crippen LogP contribution in [-0.2, 0) is 0 Å². The Hall–Kier alpha value is 0.0800. The lowest BCUT2D eigenvalue weighted by atomic mass is 9.95. The standard InChI is InChI=1S/C7H9BrF2/c8-7(9,10)6-4-2-1-3-5-6/h1-2,6H,3-5H2. The molecule has 0 radical (unpaired) electrons. The van der Waals surface area contributed by atoms with Gasteiger partial charge in [-0.2, -0.15) is 8.78 Å². The summed E-state index contributed by atoms with van der Waals surface area (Å²) in [6, 6.07) is 0. The van der Waals surface area contributed by atoms with Crippen LogP contribution in [0.5, 0.6) is 0 Å². The predicted octanol–water partition coefficient (Wildman–Crippen LogP) is 3.33. The van der Waals surface area contributed by atoms with Crippen LogP contribution in [-0.4, -0.2) is 4.83 Å². The molecule has 1 rings (SSSR count). The number of alkyl halides is 3. The molecule has 3 heteroatoms. The lowest BCUT2D eigenvalue weighted by molar-refractivity contribution is 0.0413. The molecule has 0 N–H and O–H groups in total. The van der Waals surface area contributed by atoms with Crippen molar-refractivity contribution in [3.63, 3.8) is 0 Å². The summed E-state index contributed by atoms with van der Waals surface area (Å²) in [5, 5.41) is 0. The molecule has 0 aromatic carbocycles. The molecule has 1 aliphatic rings. The fourth-order valence-electron chi connectivity index (χ4n) is 1.09. The fraction of sp³-hybridized carbons (Fsp3) is 0.714. The van der Waals surface area contributed by atoms with E-state index in [0.717, 1.165) is 6.42 Å². The normalized spacial score (nSPS) is 26.9. The summed E-state index contributed by atoms with van der Waals surface area (Å²) in [7, 11) is 0. The van der Waals surface area contributed by atoms with Gasteiger partial charge in [0.2, 0.25) is 0 Å². The Bertz CT molecular complexity index is 137. The van der Waals surface area contributed by atoms with Gasteiger partial charge < -0.3 is 0 Å². The van der Waals surface area contributed by atoms with Crippen LogP contribution in [0.1, 0.15) is 19.3 Å². The molecule has 1 unspecified atom stereocenters. The van der Waals surface area contributed by atoms with Crippen molar-refractivity contribution in [2.75, 3.05) is 0 Å². The quantitative estimate of drug-likeness (QED) is 0.461. The van der Waals surface area contributed by atoms with Crippen molar-refractivity contribution in [2.24, 2.45) is 5.92 Å². The summed E-state index contributed by atoms with van der Waals surface area (Å²) < 4.78 is 25.0. The van der Waals surface area contributed by atoms with Crippen LogP contribution in [0.2, 0.25) is 0 Å². The molecule has 10 heavy (non-hydrogen) atoms. The number of hydrogen-bond donors (Lipinski definition) is 0.